The molecule has 1 saturated heterocycles. The van der Waals surface area contributed by atoms with Crippen molar-refractivity contribution in [2.24, 2.45) is 11.3 Å². The van der Waals surface area contributed by atoms with Crippen LogP contribution in [-0.4, -0.2) is 36.2 Å². The molecule has 1 heterocycles. The van der Waals surface area contributed by atoms with E-state index < -0.39 is 0 Å². The van der Waals surface area contributed by atoms with Crippen molar-refractivity contribution in [2.45, 2.75) is 33.1 Å². The summed E-state index contributed by atoms with van der Waals surface area (Å²) in [6, 6.07) is 2.33. The second-order valence-corrected chi connectivity index (χ2v) is 5.21. The molecule has 86 valence electrons. The van der Waals surface area contributed by atoms with Crippen LogP contribution in [0.4, 0.5) is 0 Å². The molecule has 3 heteroatoms. The van der Waals surface area contributed by atoms with Gasteiger partial charge < -0.3 is 10.0 Å². The Morgan fingerprint density at radius 3 is 2.87 bits per heavy atom. The fourth-order valence-corrected chi connectivity index (χ4v) is 2.03. The number of nitrogens with zero attached hydrogens (tertiary/aromatic N) is 2. The van der Waals surface area contributed by atoms with Crippen LogP contribution in [0, 0.1) is 22.7 Å². The quantitative estimate of drug-likeness (QED) is 0.750. The number of likely N-dealkylation sites (tertiary alicyclic amines) is 1. The zero-order chi connectivity index (χ0) is 11.3. The van der Waals surface area contributed by atoms with E-state index >= 15 is 0 Å². The Kier molecular flexibility index (Phi) is 4.56. The summed E-state index contributed by atoms with van der Waals surface area (Å²) in [5.74, 6) is 0.667. The summed E-state index contributed by atoms with van der Waals surface area (Å²) in [5.41, 5.74) is -0.199. The Bertz CT molecular complexity index is 232. The topological polar surface area (TPSA) is 47.3 Å². The maximum Gasteiger partial charge on any atom is 0.0684 e. The van der Waals surface area contributed by atoms with Crippen molar-refractivity contribution in [1.82, 2.24) is 4.90 Å². The Hall–Kier alpha value is -0.590. The van der Waals surface area contributed by atoms with Gasteiger partial charge in [-0.05, 0) is 52.1 Å². The lowest BCUT2D eigenvalue weighted by molar-refractivity contribution is 0.243. The van der Waals surface area contributed by atoms with E-state index in [9.17, 15) is 0 Å². The number of hydrogen-bond acceptors (Lipinski definition) is 3. The molecule has 0 radical (unpaired) electrons. The van der Waals surface area contributed by atoms with Crippen LogP contribution in [-0.2, 0) is 0 Å². The first-order valence-corrected chi connectivity index (χ1v) is 5.82. The molecule has 1 atom stereocenters. The van der Waals surface area contributed by atoms with Crippen LogP contribution >= 0.6 is 0 Å². The van der Waals surface area contributed by atoms with Crippen LogP contribution in [0.5, 0.6) is 0 Å². The first kappa shape index (κ1) is 12.5. The lowest BCUT2D eigenvalue weighted by Gasteiger charge is -2.21. The molecule has 1 aliphatic rings. The van der Waals surface area contributed by atoms with Crippen LogP contribution in [0.1, 0.15) is 33.1 Å². The molecule has 0 saturated carbocycles. The minimum absolute atomic E-state index is 0.199. The molecule has 0 aromatic heterocycles. The molecule has 0 spiro atoms. The summed E-state index contributed by atoms with van der Waals surface area (Å²) in [5, 5.41) is 17.8. The normalized spacial score (nSPS) is 22.9. The number of aliphatic hydroxyl groups excluding tert-OH is 1. The molecule has 0 aromatic rings. The van der Waals surface area contributed by atoms with E-state index in [2.05, 4.69) is 11.0 Å². The molecule has 3 nitrogen and oxygen atoms in total. The molecule has 1 rings (SSSR count). The molecule has 0 aliphatic carbocycles. The van der Waals surface area contributed by atoms with E-state index in [0.29, 0.717) is 12.5 Å². The minimum atomic E-state index is -0.199. The molecule has 0 bridgehead atoms. The average molecular weight is 210 g/mol. The number of rotatable bonds is 5. The molecule has 1 aliphatic heterocycles. The van der Waals surface area contributed by atoms with E-state index in [4.69, 9.17) is 10.4 Å². The van der Waals surface area contributed by atoms with Gasteiger partial charge in [0, 0.05) is 13.2 Å². The van der Waals surface area contributed by atoms with Gasteiger partial charge in [-0.3, -0.25) is 0 Å². The largest absolute Gasteiger partial charge is 0.396 e. The van der Waals surface area contributed by atoms with Crippen LogP contribution < -0.4 is 0 Å². The van der Waals surface area contributed by atoms with Crippen LogP contribution in [0.25, 0.3) is 0 Å². The highest BCUT2D eigenvalue weighted by molar-refractivity contribution is 4.92. The zero-order valence-electron chi connectivity index (χ0n) is 9.87. The molecule has 0 amide bonds. The summed E-state index contributed by atoms with van der Waals surface area (Å²) in [4.78, 5) is 2.42. The highest BCUT2D eigenvalue weighted by Crippen LogP contribution is 2.23. The van der Waals surface area contributed by atoms with Gasteiger partial charge in [0.1, 0.15) is 0 Å². The molecular weight excluding hydrogens is 188 g/mol. The number of hydrogen-bond donors (Lipinski definition) is 1. The first-order chi connectivity index (χ1) is 7.07. The molecule has 1 fully saturated rings. The van der Waals surface area contributed by atoms with E-state index in [0.717, 1.165) is 32.5 Å². The van der Waals surface area contributed by atoms with Crippen molar-refractivity contribution in [2.75, 3.05) is 26.2 Å². The van der Waals surface area contributed by atoms with Crippen molar-refractivity contribution in [3.63, 3.8) is 0 Å². The summed E-state index contributed by atoms with van der Waals surface area (Å²) in [6.07, 6.45) is 3.07. The van der Waals surface area contributed by atoms with Crippen molar-refractivity contribution in [3.05, 3.63) is 0 Å². The van der Waals surface area contributed by atoms with Gasteiger partial charge in [0.15, 0.2) is 0 Å². The maximum absolute atomic E-state index is 8.90. The van der Waals surface area contributed by atoms with E-state index in [-0.39, 0.29) is 5.41 Å². The minimum Gasteiger partial charge on any atom is -0.396 e. The van der Waals surface area contributed by atoms with Crippen molar-refractivity contribution in [3.8, 4) is 6.07 Å². The van der Waals surface area contributed by atoms with Gasteiger partial charge in [-0.25, -0.2) is 0 Å². The monoisotopic (exact) mass is 210 g/mol. The van der Waals surface area contributed by atoms with Crippen molar-refractivity contribution >= 4 is 0 Å². The highest BCUT2D eigenvalue weighted by Gasteiger charge is 2.24. The maximum atomic E-state index is 8.90. The average Bonchev–Trinajstić information content (AvgIpc) is 2.64. The van der Waals surface area contributed by atoms with Gasteiger partial charge in [0.25, 0.3) is 0 Å². The lowest BCUT2D eigenvalue weighted by atomic mass is 9.91. The second kappa shape index (κ2) is 5.48. The van der Waals surface area contributed by atoms with Gasteiger partial charge in [-0.15, -0.1) is 0 Å². The molecule has 0 aromatic carbocycles. The van der Waals surface area contributed by atoms with Gasteiger partial charge in [0.2, 0.25) is 0 Å². The predicted octanol–water partition coefficient (Wildman–Crippen LogP) is 1.63. The summed E-state index contributed by atoms with van der Waals surface area (Å²) >= 11 is 0. The number of nitriles is 1. The van der Waals surface area contributed by atoms with Crippen LogP contribution in [0.2, 0.25) is 0 Å². The lowest BCUT2D eigenvalue weighted by Crippen LogP contribution is -2.26. The number of aliphatic hydroxyl groups is 1. The SMILES string of the molecule is CC(C)(C#N)CCN1CCC(CCO)C1. The second-order valence-electron chi connectivity index (χ2n) is 5.21. The zero-order valence-corrected chi connectivity index (χ0v) is 9.87. The predicted molar refractivity (Wildman–Crippen MR) is 60.3 cm³/mol. The van der Waals surface area contributed by atoms with Crippen molar-refractivity contribution in [1.29, 1.82) is 5.26 Å². The first-order valence-electron chi connectivity index (χ1n) is 5.82. The Balaban J connectivity index is 2.22. The molecule has 1 unspecified atom stereocenters. The van der Waals surface area contributed by atoms with E-state index in [1.165, 1.54) is 6.42 Å². The van der Waals surface area contributed by atoms with E-state index in [1.54, 1.807) is 0 Å². The Labute approximate surface area is 92.7 Å². The van der Waals surface area contributed by atoms with Gasteiger partial charge >= 0.3 is 0 Å². The Morgan fingerprint density at radius 1 is 1.53 bits per heavy atom. The van der Waals surface area contributed by atoms with Crippen LogP contribution in [0.15, 0.2) is 0 Å². The molecular formula is C12H22N2O. The third-order valence-electron chi connectivity index (χ3n) is 3.26. The van der Waals surface area contributed by atoms with Gasteiger partial charge in [-0.1, -0.05) is 0 Å². The summed E-state index contributed by atoms with van der Waals surface area (Å²) in [7, 11) is 0. The van der Waals surface area contributed by atoms with E-state index in [1.807, 2.05) is 13.8 Å². The summed E-state index contributed by atoms with van der Waals surface area (Å²) in [6.45, 7) is 7.54. The summed E-state index contributed by atoms with van der Waals surface area (Å²) < 4.78 is 0. The van der Waals surface area contributed by atoms with Gasteiger partial charge in [0.05, 0.1) is 11.5 Å². The smallest absolute Gasteiger partial charge is 0.0684 e. The highest BCUT2D eigenvalue weighted by atomic mass is 16.3. The van der Waals surface area contributed by atoms with Crippen molar-refractivity contribution < 1.29 is 5.11 Å². The molecule has 15 heavy (non-hydrogen) atoms. The Morgan fingerprint density at radius 2 is 2.27 bits per heavy atom. The van der Waals surface area contributed by atoms with Gasteiger partial charge in [-0.2, -0.15) is 5.26 Å². The molecule has 1 N–H and O–H groups in total. The third kappa shape index (κ3) is 4.19. The standard InChI is InChI=1S/C12H22N2O/c1-12(2,10-13)5-7-14-6-3-11(9-14)4-8-15/h11,15H,3-9H2,1-2H3. The third-order valence-corrected chi connectivity index (χ3v) is 3.26. The van der Waals surface area contributed by atoms with Crippen LogP contribution in [0.3, 0.4) is 0 Å². The fraction of sp³-hybridized carbons (Fsp3) is 0.917. The fourth-order valence-electron chi connectivity index (χ4n) is 2.03.